The van der Waals surface area contributed by atoms with Crippen molar-refractivity contribution < 1.29 is 9.13 Å². The zero-order valence-corrected chi connectivity index (χ0v) is 13.8. The van der Waals surface area contributed by atoms with Gasteiger partial charge in [-0.3, -0.25) is 0 Å². The summed E-state index contributed by atoms with van der Waals surface area (Å²) >= 11 is 0. The van der Waals surface area contributed by atoms with Gasteiger partial charge in [-0.1, -0.05) is 64.0 Å². The Kier molecular flexibility index (Phi) is 9.07. The van der Waals surface area contributed by atoms with Crippen LogP contribution in [0.1, 0.15) is 69.9 Å². The topological polar surface area (TPSA) is 21.3 Å². The summed E-state index contributed by atoms with van der Waals surface area (Å²) in [7, 11) is 3.40. The fraction of sp³-hybridized carbons (Fsp3) is 0.667. The van der Waals surface area contributed by atoms with Crippen molar-refractivity contribution in [1.82, 2.24) is 5.32 Å². The first-order valence-corrected chi connectivity index (χ1v) is 8.24. The quantitative estimate of drug-likeness (QED) is 0.564. The fourth-order valence-electron chi connectivity index (χ4n) is 2.72. The lowest BCUT2D eigenvalue weighted by Crippen LogP contribution is -2.18. The molecule has 1 aromatic rings. The summed E-state index contributed by atoms with van der Waals surface area (Å²) in [5.41, 5.74) is 0.711. The molecule has 0 saturated carbocycles. The Bertz CT molecular complexity index is 395. The molecule has 0 aliphatic heterocycles. The lowest BCUT2D eigenvalue weighted by atomic mass is 9.99. The first-order valence-electron chi connectivity index (χ1n) is 8.24. The molecule has 1 unspecified atom stereocenters. The van der Waals surface area contributed by atoms with E-state index in [4.69, 9.17) is 4.74 Å². The third-order valence-electron chi connectivity index (χ3n) is 4.03. The summed E-state index contributed by atoms with van der Waals surface area (Å²) in [5.74, 6) is 0.0922. The maximum atomic E-state index is 14.3. The monoisotopic (exact) mass is 295 g/mol. The van der Waals surface area contributed by atoms with E-state index in [1.54, 1.807) is 6.07 Å². The van der Waals surface area contributed by atoms with Gasteiger partial charge in [-0.15, -0.1) is 0 Å². The van der Waals surface area contributed by atoms with Crippen LogP contribution in [0.25, 0.3) is 0 Å². The second-order valence-corrected chi connectivity index (χ2v) is 5.61. The summed E-state index contributed by atoms with van der Waals surface area (Å²) in [6.45, 7) is 2.24. The van der Waals surface area contributed by atoms with Crippen LogP contribution in [0.5, 0.6) is 5.75 Å². The smallest absolute Gasteiger partial charge is 0.169 e. The van der Waals surface area contributed by atoms with E-state index < -0.39 is 0 Å². The average molecular weight is 295 g/mol. The Morgan fingerprint density at radius 2 is 1.76 bits per heavy atom. The molecule has 0 amide bonds. The number of rotatable bonds is 11. The molecule has 2 nitrogen and oxygen atoms in total. The van der Waals surface area contributed by atoms with E-state index in [-0.39, 0.29) is 11.9 Å². The molecule has 0 aliphatic carbocycles. The van der Waals surface area contributed by atoms with Gasteiger partial charge in [0.25, 0.3) is 0 Å². The molecule has 21 heavy (non-hydrogen) atoms. The van der Waals surface area contributed by atoms with Crippen molar-refractivity contribution in [1.29, 1.82) is 0 Å². The van der Waals surface area contributed by atoms with Crippen molar-refractivity contribution in [3.63, 3.8) is 0 Å². The number of benzene rings is 1. The Morgan fingerprint density at radius 3 is 2.38 bits per heavy atom. The van der Waals surface area contributed by atoms with Crippen LogP contribution in [0.2, 0.25) is 0 Å². The average Bonchev–Trinajstić information content (AvgIpc) is 2.51. The van der Waals surface area contributed by atoms with Crippen molar-refractivity contribution >= 4 is 0 Å². The van der Waals surface area contributed by atoms with E-state index in [2.05, 4.69) is 12.2 Å². The van der Waals surface area contributed by atoms with Crippen LogP contribution < -0.4 is 10.1 Å². The Hall–Kier alpha value is -1.09. The van der Waals surface area contributed by atoms with Gasteiger partial charge in [0.2, 0.25) is 0 Å². The zero-order chi connectivity index (χ0) is 15.5. The Balaban J connectivity index is 2.41. The number of ether oxygens (including phenoxy) is 1. The fourth-order valence-corrected chi connectivity index (χ4v) is 2.72. The molecular formula is C18H30FNO. The van der Waals surface area contributed by atoms with Crippen molar-refractivity contribution in [3.8, 4) is 5.75 Å². The first kappa shape index (κ1) is 18.0. The largest absolute Gasteiger partial charge is 0.494 e. The van der Waals surface area contributed by atoms with Gasteiger partial charge in [0, 0.05) is 11.6 Å². The highest BCUT2D eigenvalue weighted by atomic mass is 19.1. The lowest BCUT2D eigenvalue weighted by Gasteiger charge is -2.18. The maximum Gasteiger partial charge on any atom is 0.169 e. The van der Waals surface area contributed by atoms with Crippen LogP contribution in [0, 0.1) is 5.82 Å². The van der Waals surface area contributed by atoms with Gasteiger partial charge in [-0.2, -0.15) is 0 Å². The molecule has 1 rings (SSSR count). The lowest BCUT2D eigenvalue weighted by molar-refractivity contribution is 0.378. The molecule has 0 spiro atoms. The predicted molar refractivity (Wildman–Crippen MR) is 87.4 cm³/mol. The van der Waals surface area contributed by atoms with Gasteiger partial charge in [-0.05, 0) is 19.5 Å². The van der Waals surface area contributed by atoms with Gasteiger partial charge in [0.05, 0.1) is 7.11 Å². The third kappa shape index (κ3) is 6.04. The molecule has 0 bridgehead atoms. The highest BCUT2D eigenvalue weighted by Crippen LogP contribution is 2.28. The Morgan fingerprint density at radius 1 is 1.10 bits per heavy atom. The molecule has 1 aromatic carbocycles. The molecular weight excluding hydrogens is 265 g/mol. The number of methoxy groups -OCH3 is 1. The summed E-state index contributed by atoms with van der Waals surface area (Å²) in [6, 6.07) is 5.43. The van der Waals surface area contributed by atoms with E-state index in [0.717, 1.165) is 12.8 Å². The second kappa shape index (κ2) is 10.6. The molecule has 120 valence electrons. The molecule has 1 N–H and O–H groups in total. The zero-order valence-electron chi connectivity index (χ0n) is 13.8. The minimum absolute atomic E-state index is 0.0655. The van der Waals surface area contributed by atoms with E-state index in [1.165, 1.54) is 45.6 Å². The Labute approximate surface area is 129 Å². The highest BCUT2D eigenvalue weighted by Gasteiger charge is 2.16. The number of nitrogens with one attached hydrogen (secondary N) is 1. The van der Waals surface area contributed by atoms with Crippen LogP contribution in [0.4, 0.5) is 4.39 Å². The number of hydrogen-bond donors (Lipinski definition) is 1. The SMILES string of the molecule is CCCCCCCCCC(NC)c1cccc(OC)c1F. The first-order chi connectivity index (χ1) is 10.2. The van der Waals surface area contributed by atoms with Crippen molar-refractivity contribution in [2.45, 2.75) is 64.3 Å². The van der Waals surface area contributed by atoms with Crippen LogP contribution >= 0.6 is 0 Å². The van der Waals surface area contributed by atoms with E-state index in [9.17, 15) is 4.39 Å². The van der Waals surface area contributed by atoms with E-state index >= 15 is 0 Å². The number of hydrogen-bond acceptors (Lipinski definition) is 2. The molecule has 3 heteroatoms. The van der Waals surface area contributed by atoms with Crippen LogP contribution in [-0.2, 0) is 0 Å². The van der Waals surface area contributed by atoms with Crippen molar-refractivity contribution in [3.05, 3.63) is 29.6 Å². The summed E-state index contributed by atoms with van der Waals surface area (Å²) < 4.78 is 19.3. The van der Waals surface area contributed by atoms with E-state index in [1.807, 2.05) is 19.2 Å². The summed E-state index contributed by atoms with van der Waals surface area (Å²) in [6.07, 6.45) is 9.92. The predicted octanol–water partition coefficient (Wildman–Crippen LogP) is 5.24. The second-order valence-electron chi connectivity index (χ2n) is 5.61. The van der Waals surface area contributed by atoms with Gasteiger partial charge in [0.15, 0.2) is 11.6 Å². The number of halogens is 1. The van der Waals surface area contributed by atoms with Gasteiger partial charge < -0.3 is 10.1 Å². The molecule has 1 atom stereocenters. The molecule has 0 saturated heterocycles. The molecule has 0 heterocycles. The molecule has 0 aromatic heterocycles. The van der Waals surface area contributed by atoms with Crippen molar-refractivity contribution in [2.75, 3.05) is 14.2 Å². The normalized spacial score (nSPS) is 12.4. The van der Waals surface area contributed by atoms with Gasteiger partial charge in [-0.25, -0.2) is 4.39 Å². The van der Waals surface area contributed by atoms with E-state index in [0.29, 0.717) is 11.3 Å². The summed E-state index contributed by atoms with van der Waals surface area (Å²) in [5, 5.41) is 3.23. The minimum atomic E-state index is -0.234. The minimum Gasteiger partial charge on any atom is -0.494 e. The standard InChI is InChI=1S/C18H30FNO/c1-4-5-6-7-8-9-10-13-16(20-2)15-12-11-14-17(21-3)18(15)19/h11-12,14,16,20H,4-10,13H2,1-3H3. The van der Waals surface area contributed by atoms with Crippen LogP contribution in [0.3, 0.4) is 0 Å². The van der Waals surface area contributed by atoms with Crippen LogP contribution in [-0.4, -0.2) is 14.2 Å². The van der Waals surface area contributed by atoms with Crippen molar-refractivity contribution in [2.24, 2.45) is 0 Å². The van der Waals surface area contributed by atoms with Gasteiger partial charge in [0.1, 0.15) is 0 Å². The molecule has 0 radical (unpaired) electrons. The van der Waals surface area contributed by atoms with Gasteiger partial charge >= 0.3 is 0 Å². The molecule has 0 fully saturated rings. The molecule has 0 aliphatic rings. The summed E-state index contributed by atoms with van der Waals surface area (Å²) in [4.78, 5) is 0. The number of unbranched alkanes of at least 4 members (excludes halogenated alkanes) is 6. The third-order valence-corrected chi connectivity index (χ3v) is 4.03. The highest BCUT2D eigenvalue weighted by molar-refractivity contribution is 5.33. The maximum absolute atomic E-state index is 14.3. The van der Waals surface area contributed by atoms with Crippen LogP contribution in [0.15, 0.2) is 18.2 Å².